The highest BCUT2D eigenvalue weighted by Gasteiger charge is 2.42. The van der Waals surface area contributed by atoms with E-state index in [0.29, 0.717) is 36.3 Å². The minimum atomic E-state index is -0.335. The van der Waals surface area contributed by atoms with E-state index < -0.39 is 0 Å². The highest BCUT2D eigenvalue weighted by atomic mass is 16.7. The van der Waals surface area contributed by atoms with E-state index in [-0.39, 0.29) is 18.7 Å². The van der Waals surface area contributed by atoms with Crippen LogP contribution in [0.4, 0.5) is 0 Å². The zero-order valence-electron chi connectivity index (χ0n) is 22.3. The molecular formula is C31H31N3O5. The van der Waals surface area contributed by atoms with Gasteiger partial charge in [0.2, 0.25) is 6.79 Å². The Morgan fingerprint density at radius 3 is 2.49 bits per heavy atom. The molecule has 1 N–H and O–H groups in total. The molecule has 2 aliphatic heterocycles. The van der Waals surface area contributed by atoms with Gasteiger partial charge >= 0.3 is 0 Å². The molecule has 1 atom stereocenters. The third-order valence-corrected chi connectivity index (χ3v) is 7.18. The molecule has 8 nitrogen and oxygen atoms in total. The number of methoxy groups -OCH3 is 1. The monoisotopic (exact) mass is 525 g/mol. The van der Waals surface area contributed by atoms with Gasteiger partial charge in [0.1, 0.15) is 17.2 Å². The van der Waals surface area contributed by atoms with E-state index in [1.54, 1.807) is 7.11 Å². The quantitative estimate of drug-likeness (QED) is 0.289. The van der Waals surface area contributed by atoms with E-state index in [1.807, 2.05) is 71.6 Å². The Morgan fingerprint density at radius 2 is 1.74 bits per heavy atom. The summed E-state index contributed by atoms with van der Waals surface area (Å²) in [6.45, 7) is 5.64. The number of H-pyrrole nitrogens is 1. The molecule has 0 radical (unpaired) electrons. The van der Waals surface area contributed by atoms with E-state index >= 15 is 0 Å². The Kier molecular flexibility index (Phi) is 6.60. The molecule has 3 heterocycles. The standard InChI is InChI=1S/C31H31N3O5/c1-19(2)14-15-37-24-11-7-22(8-12-24)30-27-28(21-5-9-23(36-3)10-6-21)32-33-29(27)31(35)34(30)17-20-4-13-25-26(16-20)39-18-38-25/h4-13,16,19,30H,14-15,17-18H2,1-3H3,(H,32,33). The number of aromatic nitrogens is 2. The summed E-state index contributed by atoms with van der Waals surface area (Å²) in [5, 5.41) is 7.61. The van der Waals surface area contributed by atoms with Crippen LogP contribution in [0.1, 0.15) is 53.5 Å². The van der Waals surface area contributed by atoms with Crippen LogP contribution < -0.4 is 18.9 Å². The van der Waals surface area contributed by atoms with Crippen molar-refractivity contribution in [2.75, 3.05) is 20.5 Å². The fourth-order valence-corrected chi connectivity index (χ4v) is 5.07. The summed E-state index contributed by atoms with van der Waals surface area (Å²) in [6, 6.07) is 21.2. The summed E-state index contributed by atoms with van der Waals surface area (Å²) in [7, 11) is 1.64. The molecule has 8 heteroatoms. The number of nitrogens with one attached hydrogen (secondary N) is 1. The van der Waals surface area contributed by atoms with E-state index in [0.717, 1.165) is 45.9 Å². The van der Waals surface area contributed by atoms with Gasteiger partial charge < -0.3 is 23.8 Å². The van der Waals surface area contributed by atoms with Gasteiger partial charge in [-0.1, -0.05) is 32.0 Å². The number of fused-ring (bicyclic) bond motifs is 2. The Bertz CT molecular complexity index is 1480. The fourth-order valence-electron chi connectivity index (χ4n) is 5.07. The first kappa shape index (κ1) is 24.9. The molecule has 39 heavy (non-hydrogen) atoms. The van der Waals surface area contributed by atoms with Gasteiger partial charge in [0.15, 0.2) is 11.5 Å². The average Bonchev–Trinajstić information content (AvgIpc) is 3.66. The van der Waals surface area contributed by atoms with Crippen molar-refractivity contribution in [3.63, 3.8) is 0 Å². The van der Waals surface area contributed by atoms with Gasteiger partial charge in [0, 0.05) is 17.7 Å². The van der Waals surface area contributed by atoms with Crippen LogP contribution in [-0.4, -0.2) is 41.5 Å². The van der Waals surface area contributed by atoms with Gasteiger partial charge in [0.25, 0.3) is 5.91 Å². The minimum absolute atomic E-state index is 0.0998. The zero-order chi connectivity index (χ0) is 26.9. The van der Waals surface area contributed by atoms with Crippen molar-refractivity contribution in [3.8, 4) is 34.3 Å². The van der Waals surface area contributed by atoms with Crippen LogP contribution in [0.2, 0.25) is 0 Å². The van der Waals surface area contributed by atoms with Gasteiger partial charge in [-0.3, -0.25) is 9.89 Å². The van der Waals surface area contributed by atoms with Crippen LogP contribution in [0.15, 0.2) is 66.7 Å². The van der Waals surface area contributed by atoms with Gasteiger partial charge in [-0.25, -0.2) is 0 Å². The van der Waals surface area contributed by atoms with Crippen molar-refractivity contribution < 1.29 is 23.7 Å². The molecule has 0 fully saturated rings. The second kappa shape index (κ2) is 10.4. The maximum atomic E-state index is 13.8. The molecule has 0 saturated carbocycles. The number of hydrogen-bond acceptors (Lipinski definition) is 6. The normalized spacial score (nSPS) is 15.6. The molecule has 2 aliphatic rings. The van der Waals surface area contributed by atoms with Crippen molar-refractivity contribution in [1.82, 2.24) is 15.1 Å². The third kappa shape index (κ3) is 4.78. The topological polar surface area (TPSA) is 85.9 Å². The first-order valence-corrected chi connectivity index (χ1v) is 13.2. The molecule has 4 aromatic rings. The number of aromatic amines is 1. The number of hydrogen-bond donors (Lipinski definition) is 1. The Morgan fingerprint density at radius 1 is 1.00 bits per heavy atom. The third-order valence-electron chi connectivity index (χ3n) is 7.18. The lowest BCUT2D eigenvalue weighted by molar-refractivity contribution is 0.0730. The largest absolute Gasteiger partial charge is 0.497 e. The number of nitrogens with zero attached hydrogens (tertiary/aromatic N) is 2. The van der Waals surface area contributed by atoms with Crippen molar-refractivity contribution >= 4 is 5.91 Å². The van der Waals surface area contributed by atoms with Gasteiger partial charge in [-0.2, -0.15) is 5.10 Å². The molecule has 0 saturated heterocycles. The first-order chi connectivity index (χ1) is 19.0. The maximum absolute atomic E-state index is 13.8. The molecular weight excluding hydrogens is 494 g/mol. The van der Waals surface area contributed by atoms with Crippen LogP contribution in [-0.2, 0) is 6.54 Å². The molecule has 0 spiro atoms. The predicted molar refractivity (Wildman–Crippen MR) is 146 cm³/mol. The van der Waals surface area contributed by atoms with Crippen LogP contribution in [0.25, 0.3) is 11.3 Å². The van der Waals surface area contributed by atoms with Crippen LogP contribution in [0.3, 0.4) is 0 Å². The molecule has 3 aromatic carbocycles. The molecule has 0 bridgehead atoms. The van der Waals surface area contributed by atoms with Gasteiger partial charge in [-0.05, 0) is 72.0 Å². The van der Waals surface area contributed by atoms with Crippen LogP contribution in [0, 0.1) is 5.92 Å². The molecule has 1 amide bonds. The summed E-state index contributed by atoms with van der Waals surface area (Å²) in [6.07, 6.45) is 0.992. The summed E-state index contributed by atoms with van der Waals surface area (Å²) in [5.41, 5.74) is 4.95. The maximum Gasteiger partial charge on any atom is 0.273 e. The van der Waals surface area contributed by atoms with Crippen molar-refractivity contribution in [2.24, 2.45) is 5.92 Å². The Hall–Kier alpha value is -4.46. The number of carbonyl (C=O) groups is 1. The summed E-state index contributed by atoms with van der Waals surface area (Å²) < 4.78 is 22.3. The summed E-state index contributed by atoms with van der Waals surface area (Å²) in [4.78, 5) is 15.7. The van der Waals surface area contributed by atoms with Crippen molar-refractivity contribution in [3.05, 3.63) is 89.1 Å². The summed E-state index contributed by atoms with van der Waals surface area (Å²) in [5.74, 6) is 3.46. The number of carbonyl (C=O) groups excluding carboxylic acids is 1. The van der Waals surface area contributed by atoms with Crippen LogP contribution in [0.5, 0.6) is 23.0 Å². The fraction of sp³-hybridized carbons (Fsp3) is 0.290. The lowest BCUT2D eigenvalue weighted by Gasteiger charge is -2.27. The number of amides is 1. The number of ether oxygens (including phenoxy) is 4. The SMILES string of the molecule is COc1ccc(-c2n[nH]c3c2C(c2ccc(OCCC(C)C)cc2)N(Cc2ccc4c(c2)OCO4)C3=O)cc1. The number of benzene rings is 3. The van der Waals surface area contributed by atoms with Gasteiger partial charge in [0.05, 0.1) is 25.5 Å². The van der Waals surface area contributed by atoms with Crippen molar-refractivity contribution in [2.45, 2.75) is 32.9 Å². The highest BCUT2D eigenvalue weighted by molar-refractivity contribution is 6.00. The molecule has 1 unspecified atom stereocenters. The predicted octanol–water partition coefficient (Wildman–Crippen LogP) is 5.98. The molecule has 200 valence electrons. The summed E-state index contributed by atoms with van der Waals surface area (Å²) >= 11 is 0. The number of rotatable bonds is 9. The highest BCUT2D eigenvalue weighted by Crippen LogP contribution is 2.44. The lowest BCUT2D eigenvalue weighted by Crippen LogP contribution is -2.29. The second-order valence-corrected chi connectivity index (χ2v) is 10.2. The van der Waals surface area contributed by atoms with Crippen molar-refractivity contribution in [1.29, 1.82) is 0 Å². The van der Waals surface area contributed by atoms with Gasteiger partial charge in [-0.15, -0.1) is 0 Å². The Balaban J connectivity index is 1.37. The lowest BCUT2D eigenvalue weighted by atomic mass is 9.95. The Labute approximate surface area is 227 Å². The zero-order valence-corrected chi connectivity index (χ0v) is 22.3. The molecule has 0 aliphatic carbocycles. The second-order valence-electron chi connectivity index (χ2n) is 10.2. The van der Waals surface area contributed by atoms with E-state index in [1.165, 1.54) is 0 Å². The van der Waals surface area contributed by atoms with E-state index in [4.69, 9.17) is 18.9 Å². The smallest absolute Gasteiger partial charge is 0.273 e. The molecule has 1 aromatic heterocycles. The van der Waals surface area contributed by atoms with Crippen LogP contribution >= 0.6 is 0 Å². The average molecular weight is 526 g/mol. The molecule has 6 rings (SSSR count). The van der Waals surface area contributed by atoms with E-state index in [2.05, 4.69) is 24.0 Å². The minimum Gasteiger partial charge on any atom is -0.497 e. The first-order valence-electron chi connectivity index (χ1n) is 13.2. The van der Waals surface area contributed by atoms with E-state index in [9.17, 15) is 4.79 Å².